The van der Waals surface area contributed by atoms with E-state index in [9.17, 15) is 10.1 Å². The van der Waals surface area contributed by atoms with Crippen LogP contribution in [0.4, 0.5) is 5.69 Å². The molecule has 7 nitrogen and oxygen atoms in total. The average molecular weight is 216 g/mol. The van der Waals surface area contributed by atoms with Gasteiger partial charge >= 0.3 is 11.6 Å². The molecule has 1 fully saturated rings. The summed E-state index contributed by atoms with van der Waals surface area (Å²) in [7, 11) is 0. The number of hydrogen-bond donors (Lipinski definition) is 0. The summed E-state index contributed by atoms with van der Waals surface area (Å²) in [5, 5.41) is 14.4. The number of hydrogen-bond acceptors (Lipinski definition) is 5. The van der Waals surface area contributed by atoms with Gasteiger partial charge in [0.25, 0.3) is 0 Å². The van der Waals surface area contributed by atoms with Crippen LogP contribution >= 0.6 is 0 Å². The van der Waals surface area contributed by atoms with Gasteiger partial charge in [0.05, 0.1) is 17.6 Å². The summed E-state index contributed by atoms with van der Waals surface area (Å²) in [6, 6.07) is 0. The van der Waals surface area contributed by atoms with E-state index in [1.807, 2.05) is 0 Å². The quantitative estimate of drug-likeness (QED) is 0.542. The van der Waals surface area contributed by atoms with Crippen LogP contribution in [-0.4, -0.2) is 33.5 Å². The lowest BCUT2D eigenvalue weighted by molar-refractivity contribution is -0.386. The third-order valence-electron chi connectivity index (χ3n) is 2.17. The van der Waals surface area contributed by atoms with Gasteiger partial charge in [-0.05, 0) is 6.92 Å². The van der Waals surface area contributed by atoms with E-state index < -0.39 is 17.6 Å². The van der Waals surface area contributed by atoms with E-state index in [2.05, 4.69) is 5.10 Å². The fourth-order valence-electron chi connectivity index (χ4n) is 1.20. The number of aryl methyl sites for hydroxylation is 1. The van der Waals surface area contributed by atoms with Gasteiger partial charge in [0, 0.05) is 11.1 Å². The molecule has 0 radical (unpaired) electrons. The summed E-state index contributed by atoms with van der Waals surface area (Å²) in [5.41, 5.74) is -0.467. The minimum atomic E-state index is -2.58. The second-order valence-corrected chi connectivity index (χ2v) is 3.22. The molecule has 1 aliphatic heterocycles. The summed E-state index contributed by atoms with van der Waals surface area (Å²) in [5.74, 6) is -0.295. The van der Waals surface area contributed by atoms with E-state index in [4.69, 9.17) is 13.6 Å². The van der Waals surface area contributed by atoms with Crippen LogP contribution in [0.3, 0.4) is 0 Å². The predicted octanol–water partition coefficient (Wildman–Crippen LogP) is 0.494. The first-order chi connectivity index (χ1) is 8.29. The van der Waals surface area contributed by atoms with Crippen LogP contribution in [0.15, 0.2) is 6.20 Å². The Hall–Kier alpha value is -1.63. The third-order valence-corrected chi connectivity index (χ3v) is 2.17. The fraction of sp³-hybridized carbons (Fsp3) is 0.625. The van der Waals surface area contributed by atoms with E-state index in [0.29, 0.717) is 11.3 Å². The van der Waals surface area contributed by atoms with Crippen molar-refractivity contribution in [1.29, 1.82) is 0 Å². The van der Waals surface area contributed by atoms with Crippen molar-refractivity contribution in [3.05, 3.63) is 16.3 Å². The molecule has 0 bridgehead atoms. The molecule has 15 heavy (non-hydrogen) atoms. The molecule has 1 aromatic rings. The Balaban J connectivity index is 2.27. The van der Waals surface area contributed by atoms with Gasteiger partial charge in [0.15, 0.2) is 0 Å². The third kappa shape index (κ3) is 1.78. The van der Waals surface area contributed by atoms with Gasteiger partial charge < -0.3 is 9.47 Å². The minimum Gasteiger partial charge on any atom is -0.463 e. The SMILES string of the molecule is [2H]C([2H])([2H])n1cc([N+](=O)[O-])c(O[C@H]2CO[C@@H]2C)n1. The van der Waals surface area contributed by atoms with Crippen LogP contribution in [0.5, 0.6) is 5.88 Å². The van der Waals surface area contributed by atoms with Crippen molar-refractivity contribution in [1.82, 2.24) is 9.78 Å². The molecule has 2 heterocycles. The predicted molar refractivity (Wildman–Crippen MR) is 49.7 cm³/mol. The van der Waals surface area contributed by atoms with Crippen LogP contribution < -0.4 is 4.74 Å². The van der Waals surface area contributed by atoms with Gasteiger partial charge in [0.2, 0.25) is 0 Å². The molecule has 0 N–H and O–H groups in total. The summed E-state index contributed by atoms with van der Waals surface area (Å²) in [6.45, 7) is -0.520. The summed E-state index contributed by atoms with van der Waals surface area (Å²) >= 11 is 0. The fourth-order valence-corrected chi connectivity index (χ4v) is 1.20. The maximum absolute atomic E-state index is 10.8. The van der Waals surface area contributed by atoms with Crippen molar-refractivity contribution in [2.75, 3.05) is 6.61 Å². The Morgan fingerprint density at radius 2 is 2.73 bits per heavy atom. The normalized spacial score (nSPS) is 28.5. The molecule has 1 aromatic heterocycles. The largest absolute Gasteiger partial charge is 0.463 e. The maximum Gasteiger partial charge on any atom is 0.350 e. The molecule has 1 aliphatic rings. The zero-order chi connectivity index (χ0) is 13.5. The molecular formula is C8H11N3O4. The second-order valence-electron chi connectivity index (χ2n) is 3.22. The van der Waals surface area contributed by atoms with Crippen LogP contribution in [0.25, 0.3) is 0 Å². The van der Waals surface area contributed by atoms with Crippen molar-refractivity contribution >= 4 is 5.69 Å². The highest BCUT2D eigenvalue weighted by Crippen LogP contribution is 2.27. The molecule has 0 aromatic carbocycles. The molecule has 1 saturated heterocycles. The van der Waals surface area contributed by atoms with Crippen molar-refractivity contribution in [3.63, 3.8) is 0 Å². The first-order valence-corrected chi connectivity index (χ1v) is 4.32. The molecule has 0 spiro atoms. The second kappa shape index (κ2) is 3.50. The Kier molecular flexibility index (Phi) is 1.58. The number of nitro groups is 1. The highest BCUT2D eigenvalue weighted by atomic mass is 16.6. The van der Waals surface area contributed by atoms with Crippen molar-refractivity contribution < 1.29 is 18.5 Å². The smallest absolute Gasteiger partial charge is 0.350 e. The number of nitrogens with zero attached hydrogens (tertiary/aromatic N) is 3. The molecule has 0 unspecified atom stereocenters. The summed E-state index contributed by atoms with van der Waals surface area (Å²) < 4.78 is 32.3. The van der Waals surface area contributed by atoms with E-state index in [1.165, 1.54) is 0 Å². The van der Waals surface area contributed by atoms with Crippen LogP contribution in [-0.2, 0) is 11.7 Å². The Bertz CT molecular complexity index is 473. The summed E-state index contributed by atoms with van der Waals surface area (Å²) in [4.78, 5) is 10.1. The highest BCUT2D eigenvalue weighted by molar-refractivity contribution is 5.38. The Labute approximate surface area is 90.0 Å². The zero-order valence-electron chi connectivity index (χ0n) is 10.9. The lowest BCUT2D eigenvalue weighted by Crippen LogP contribution is -2.46. The van der Waals surface area contributed by atoms with Gasteiger partial charge in [0.1, 0.15) is 12.3 Å². The van der Waals surface area contributed by atoms with Gasteiger partial charge in [-0.2, -0.15) is 0 Å². The van der Waals surface area contributed by atoms with E-state index >= 15 is 0 Å². The van der Waals surface area contributed by atoms with Crippen LogP contribution in [0.2, 0.25) is 0 Å². The average Bonchev–Trinajstić information content (AvgIpc) is 2.67. The first-order valence-electron chi connectivity index (χ1n) is 5.82. The van der Waals surface area contributed by atoms with E-state index in [-0.39, 0.29) is 18.1 Å². The lowest BCUT2D eigenvalue weighted by Gasteiger charge is -2.32. The molecule has 0 amide bonds. The van der Waals surface area contributed by atoms with Gasteiger partial charge in [-0.15, -0.1) is 5.10 Å². The van der Waals surface area contributed by atoms with Crippen LogP contribution in [0.1, 0.15) is 11.0 Å². The van der Waals surface area contributed by atoms with Gasteiger partial charge in [-0.25, -0.2) is 0 Å². The Morgan fingerprint density at radius 3 is 3.20 bits per heavy atom. The maximum atomic E-state index is 10.8. The molecule has 2 rings (SSSR count). The Morgan fingerprint density at radius 1 is 1.93 bits per heavy atom. The van der Waals surface area contributed by atoms with Crippen molar-refractivity contribution in [2.24, 2.45) is 6.98 Å². The highest BCUT2D eigenvalue weighted by Gasteiger charge is 2.33. The number of rotatable bonds is 3. The van der Waals surface area contributed by atoms with Crippen molar-refractivity contribution in [3.8, 4) is 5.88 Å². The number of ether oxygens (including phenoxy) is 2. The van der Waals surface area contributed by atoms with Gasteiger partial charge in [-0.1, -0.05) is 0 Å². The molecule has 2 atom stereocenters. The standard InChI is InChI=1S/C8H11N3O4/c1-5-7(4-14-5)15-8-6(11(12)13)3-10(2)9-8/h3,5,7H,4H2,1-2H3/t5-,7+/m1/s1/i2D3. The topological polar surface area (TPSA) is 79.4 Å². The summed E-state index contributed by atoms with van der Waals surface area (Å²) in [6.07, 6.45) is 0.304. The molecular weight excluding hydrogens is 202 g/mol. The monoisotopic (exact) mass is 216 g/mol. The zero-order valence-corrected chi connectivity index (χ0v) is 7.91. The first kappa shape index (κ1) is 6.78. The van der Waals surface area contributed by atoms with Crippen LogP contribution in [0, 0.1) is 10.1 Å². The minimum absolute atomic E-state index is 0.192. The molecule has 7 heteroatoms. The number of aromatic nitrogens is 2. The molecule has 0 saturated carbocycles. The molecule has 82 valence electrons. The van der Waals surface area contributed by atoms with Crippen molar-refractivity contribution in [2.45, 2.75) is 19.1 Å². The van der Waals surface area contributed by atoms with E-state index in [1.54, 1.807) is 6.92 Å². The van der Waals surface area contributed by atoms with Gasteiger partial charge in [-0.3, -0.25) is 14.8 Å². The molecule has 0 aliphatic carbocycles. The van der Waals surface area contributed by atoms with E-state index in [0.717, 1.165) is 6.20 Å². The lowest BCUT2D eigenvalue weighted by atomic mass is 10.2.